The maximum atomic E-state index is 15.5. The average molecular weight is 639 g/mol. The number of anilines is 1. The van der Waals surface area contributed by atoms with Crippen LogP contribution in [0, 0.1) is 18.7 Å². The fourth-order valence-electron chi connectivity index (χ4n) is 5.77. The van der Waals surface area contributed by atoms with E-state index in [4.69, 9.17) is 21.1 Å². The molecule has 2 heterocycles. The summed E-state index contributed by atoms with van der Waals surface area (Å²) in [6, 6.07) is 13.3. The van der Waals surface area contributed by atoms with Crippen molar-refractivity contribution in [2.24, 2.45) is 5.92 Å². The van der Waals surface area contributed by atoms with Crippen molar-refractivity contribution in [2.75, 3.05) is 46.3 Å². The maximum Gasteiger partial charge on any atom is 0.326 e. The molecule has 3 aromatic carbocycles. The molecule has 3 atom stereocenters. The minimum atomic E-state index is -1.04. The molecular weight excluding hydrogens is 603 g/mol. The normalized spacial score (nSPS) is 20.4. The van der Waals surface area contributed by atoms with Crippen LogP contribution in [0.3, 0.4) is 0 Å². The van der Waals surface area contributed by atoms with Crippen LogP contribution in [0.15, 0.2) is 48.5 Å². The van der Waals surface area contributed by atoms with E-state index in [2.05, 4.69) is 10.6 Å². The van der Waals surface area contributed by atoms with Crippen molar-refractivity contribution in [1.82, 2.24) is 15.1 Å². The van der Waals surface area contributed by atoms with E-state index in [1.165, 1.54) is 32.2 Å². The van der Waals surface area contributed by atoms with E-state index >= 15 is 4.39 Å². The molecule has 12 heteroatoms. The molecule has 3 aromatic rings. The largest absolute Gasteiger partial charge is 0.496 e. The van der Waals surface area contributed by atoms with Gasteiger partial charge < -0.3 is 30.1 Å². The molecule has 4 amide bonds. The van der Waals surface area contributed by atoms with Gasteiger partial charge in [0, 0.05) is 62.2 Å². The van der Waals surface area contributed by atoms with Crippen LogP contribution in [0.2, 0.25) is 5.02 Å². The van der Waals surface area contributed by atoms with E-state index < -0.39 is 35.7 Å². The number of carbonyl (C=O) groups is 3. The summed E-state index contributed by atoms with van der Waals surface area (Å²) in [6.45, 7) is 2.73. The molecule has 10 nitrogen and oxygen atoms in total. The molecule has 45 heavy (non-hydrogen) atoms. The Morgan fingerprint density at radius 1 is 1.13 bits per heavy atom. The van der Waals surface area contributed by atoms with Gasteiger partial charge in [0.05, 0.1) is 24.8 Å². The van der Waals surface area contributed by atoms with E-state index in [0.717, 1.165) is 10.5 Å². The average Bonchev–Trinajstić information content (AvgIpc) is 3.02. The number of nitrogens with one attached hydrogen (secondary N) is 2. The molecule has 0 bridgehead atoms. The second kappa shape index (κ2) is 13.5. The molecule has 0 aromatic heterocycles. The molecule has 0 aliphatic carbocycles. The van der Waals surface area contributed by atoms with E-state index in [1.54, 1.807) is 24.3 Å². The third-order valence-corrected chi connectivity index (χ3v) is 8.86. The number of nitrogens with zero attached hydrogens (tertiary/aromatic N) is 2. The molecule has 238 valence electrons. The third-order valence-electron chi connectivity index (χ3n) is 8.45. The zero-order valence-corrected chi connectivity index (χ0v) is 26.3. The highest BCUT2D eigenvalue weighted by atomic mass is 35.5. The Kier molecular flexibility index (Phi) is 9.73. The maximum absolute atomic E-state index is 15.5. The van der Waals surface area contributed by atoms with Crippen LogP contribution in [0.4, 0.5) is 14.9 Å². The molecule has 2 saturated heterocycles. The fraction of sp³-hybridized carbons (Fsp3) is 0.364. The molecule has 1 unspecified atom stereocenters. The van der Waals surface area contributed by atoms with Gasteiger partial charge in [-0.2, -0.15) is 0 Å². The van der Waals surface area contributed by atoms with Crippen LogP contribution in [0.5, 0.6) is 5.75 Å². The Bertz CT molecular complexity index is 1630. The highest BCUT2D eigenvalue weighted by Crippen LogP contribution is 2.41. The number of halogens is 2. The van der Waals surface area contributed by atoms with Gasteiger partial charge in [0.25, 0.3) is 0 Å². The number of benzene rings is 3. The number of methoxy groups -OCH3 is 1. The van der Waals surface area contributed by atoms with Crippen LogP contribution >= 0.6 is 11.6 Å². The number of hydrogen-bond acceptors (Lipinski definition) is 7. The molecule has 0 radical (unpaired) electrons. The number of hydrogen-bond donors (Lipinski definition) is 3. The van der Waals surface area contributed by atoms with Crippen LogP contribution < -0.4 is 15.4 Å². The lowest BCUT2D eigenvalue weighted by Crippen LogP contribution is -2.56. The lowest BCUT2D eigenvalue weighted by molar-refractivity contribution is -0.140. The Morgan fingerprint density at radius 3 is 2.58 bits per heavy atom. The highest BCUT2D eigenvalue weighted by Gasteiger charge is 2.39. The topological polar surface area (TPSA) is 120 Å². The van der Waals surface area contributed by atoms with Gasteiger partial charge in [0.1, 0.15) is 17.5 Å². The van der Waals surface area contributed by atoms with E-state index in [1.807, 2.05) is 25.1 Å². The summed E-state index contributed by atoms with van der Waals surface area (Å²) in [5, 5.41) is 16.6. The van der Waals surface area contributed by atoms with Crippen LogP contribution in [-0.2, 0) is 20.9 Å². The Balaban J connectivity index is 1.41. The number of imide groups is 1. The number of aliphatic hydroxyl groups excluding tert-OH is 1. The molecule has 2 aliphatic heterocycles. The van der Waals surface area contributed by atoms with Gasteiger partial charge in [-0.1, -0.05) is 41.9 Å². The summed E-state index contributed by atoms with van der Waals surface area (Å²) in [5.74, 6) is -2.26. The first kappa shape index (κ1) is 32.4. The third kappa shape index (κ3) is 6.53. The molecule has 0 spiro atoms. The van der Waals surface area contributed by atoms with Gasteiger partial charge in [0.2, 0.25) is 11.8 Å². The minimum absolute atomic E-state index is 0.0210. The first-order valence-electron chi connectivity index (χ1n) is 14.6. The second-order valence-corrected chi connectivity index (χ2v) is 11.7. The lowest BCUT2D eigenvalue weighted by atomic mass is 9.94. The number of aliphatic hydroxyl groups is 1. The fourth-order valence-corrected chi connectivity index (χ4v) is 6.11. The smallest absolute Gasteiger partial charge is 0.326 e. The van der Waals surface area contributed by atoms with Crippen molar-refractivity contribution in [2.45, 2.75) is 32.0 Å². The minimum Gasteiger partial charge on any atom is -0.496 e. The number of rotatable bonds is 8. The number of amides is 4. The van der Waals surface area contributed by atoms with Crippen molar-refractivity contribution in [1.29, 1.82) is 0 Å². The Morgan fingerprint density at radius 2 is 1.84 bits per heavy atom. The van der Waals surface area contributed by atoms with Gasteiger partial charge in [-0.05, 0) is 48.2 Å². The summed E-state index contributed by atoms with van der Waals surface area (Å²) < 4.78 is 26.4. The van der Waals surface area contributed by atoms with Crippen LogP contribution in [0.25, 0.3) is 22.3 Å². The summed E-state index contributed by atoms with van der Waals surface area (Å²) in [4.78, 5) is 40.2. The zero-order valence-electron chi connectivity index (χ0n) is 25.5. The predicted octanol–water partition coefficient (Wildman–Crippen LogP) is 4.45. The van der Waals surface area contributed by atoms with Gasteiger partial charge >= 0.3 is 6.03 Å². The quantitative estimate of drug-likeness (QED) is 0.312. The Hall–Kier alpha value is -4.03. The molecule has 2 fully saturated rings. The highest BCUT2D eigenvalue weighted by molar-refractivity contribution is 6.36. The van der Waals surface area contributed by atoms with Gasteiger partial charge in [-0.3, -0.25) is 14.5 Å². The van der Waals surface area contributed by atoms with Crippen LogP contribution in [-0.4, -0.2) is 85.9 Å². The van der Waals surface area contributed by atoms with Crippen molar-refractivity contribution in [3.8, 4) is 28.0 Å². The van der Waals surface area contributed by atoms with E-state index in [-0.39, 0.29) is 25.7 Å². The number of urea groups is 1. The number of carbonyl (C=O) groups excluding carboxylic acids is 3. The standard InChI is InChI=1S/C33H36ClFN4O6/c1-18-20(7-6-10-26(18)37-31(41)24-16-38(2)33(43)39(3)32(24)42)22-9-5-8-21(30(22)34)19-13-25(35)23(29(14-19)44-4)15-36-27-11-12-45-17-28(27)40/h5-10,13-14,24,27-28,36,40H,11-12,15-17H2,1-4H3,(H,37,41)/t24?,27-,28+/m1/s1. The van der Waals surface area contributed by atoms with Gasteiger partial charge in [0.15, 0.2) is 0 Å². The molecular formula is C33H36ClFN4O6. The molecule has 3 N–H and O–H groups in total. The second-order valence-electron chi connectivity index (χ2n) is 11.3. The molecule has 5 rings (SSSR count). The zero-order chi connectivity index (χ0) is 32.4. The van der Waals surface area contributed by atoms with Crippen molar-refractivity contribution in [3.63, 3.8) is 0 Å². The van der Waals surface area contributed by atoms with Crippen molar-refractivity contribution < 1.29 is 33.4 Å². The first-order chi connectivity index (χ1) is 21.5. The van der Waals surface area contributed by atoms with E-state index in [9.17, 15) is 19.5 Å². The summed E-state index contributed by atoms with van der Waals surface area (Å²) in [7, 11) is 4.37. The van der Waals surface area contributed by atoms with Crippen molar-refractivity contribution >= 4 is 35.1 Å². The predicted molar refractivity (Wildman–Crippen MR) is 169 cm³/mol. The van der Waals surface area contributed by atoms with Gasteiger partial charge in [-0.25, -0.2) is 9.18 Å². The SMILES string of the molecule is COc1cc(-c2cccc(-c3cccc(NC(=O)C4CN(C)C(=O)N(C)C4=O)c3C)c2Cl)cc(F)c1CN[C@@H]1CCOC[C@@H]1O. The Labute approximate surface area is 266 Å². The lowest BCUT2D eigenvalue weighted by Gasteiger charge is -2.33. The van der Waals surface area contributed by atoms with Gasteiger partial charge in [-0.15, -0.1) is 0 Å². The first-order valence-corrected chi connectivity index (χ1v) is 15.0. The molecule has 0 saturated carbocycles. The summed E-state index contributed by atoms with van der Waals surface area (Å²) in [6.07, 6.45) is -0.0580. The van der Waals surface area contributed by atoms with Crippen LogP contribution in [0.1, 0.15) is 17.5 Å². The summed E-state index contributed by atoms with van der Waals surface area (Å²) >= 11 is 6.97. The monoisotopic (exact) mass is 638 g/mol. The van der Waals surface area contributed by atoms with Crippen molar-refractivity contribution in [3.05, 3.63) is 70.5 Å². The van der Waals surface area contributed by atoms with E-state index in [0.29, 0.717) is 57.3 Å². The molecule has 2 aliphatic rings. The summed E-state index contributed by atoms with van der Waals surface area (Å²) in [5.41, 5.74) is 4.06. The number of ether oxygens (including phenoxy) is 2.